The van der Waals surface area contributed by atoms with Crippen molar-refractivity contribution in [3.63, 3.8) is 0 Å². The number of amides is 1. The highest BCUT2D eigenvalue weighted by molar-refractivity contribution is 5.78. The van der Waals surface area contributed by atoms with E-state index in [4.69, 9.17) is 9.84 Å². The number of para-hydroxylation sites is 1. The van der Waals surface area contributed by atoms with Gasteiger partial charge in [-0.2, -0.15) is 0 Å². The first-order valence-electron chi connectivity index (χ1n) is 6.49. The monoisotopic (exact) mass is 279 g/mol. The second-order valence-electron chi connectivity index (χ2n) is 5.31. The number of methoxy groups -OCH3 is 1. The maximum atomic E-state index is 11.9. The van der Waals surface area contributed by atoms with E-state index in [1.807, 2.05) is 24.3 Å². The van der Waals surface area contributed by atoms with Crippen molar-refractivity contribution in [1.82, 2.24) is 5.32 Å². The van der Waals surface area contributed by atoms with Crippen LogP contribution in [-0.2, 0) is 16.0 Å². The lowest BCUT2D eigenvalue weighted by atomic mass is 10.00. The van der Waals surface area contributed by atoms with E-state index in [1.54, 1.807) is 21.0 Å². The molecule has 20 heavy (non-hydrogen) atoms. The molecule has 0 saturated heterocycles. The van der Waals surface area contributed by atoms with E-state index in [0.29, 0.717) is 12.8 Å². The number of aryl methyl sites for hydroxylation is 1. The van der Waals surface area contributed by atoms with Gasteiger partial charge in [-0.15, -0.1) is 0 Å². The van der Waals surface area contributed by atoms with Gasteiger partial charge in [0.2, 0.25) is 5.91 Å². The van der Waals surface area contributed by atoms with Gasteiger partial charge in [-0.05, 0) is 31.9 Å². The van der Waals surface area contributed by atoms with Crippen molar-refractivity contribution >= 4 is 11.9 Å². The Labute approximate surface area is 118 Å². The molecule has 110 valence electrons. The first-order chi connectivity index (χ1) is 9.34. The maximum absolute atomic E-state index is 11.9. The Kier molecular flexibility index (Phi) is 5.55. The fourth-order valence-electron chi connectivity index (χ4n) is 2.02. The molecule has 1 rings (SSSR count). The van der Waals surface area contributed by atoms with Crippen molar-refractivity contribution in [2.45, 2.75) is 38.6 Å². The molecule has 0 aliphatic heterocycles. The van der Waals surface area contributed by atoms with Crippen LogP contribution in [0.2, 0.25) is 0 Å². The zero-order valence-electron chi connectivity index (χ0n) is 12.1. The number of aliphatic carboxylic acids is 1. The lowest BCUT2D eigenvalue weighted by molar-refractivity contribution is -0.138. The van der Waals surface area contributed by atoms with Crippen LogP contribution in [0.25, 0.3) is 0 Å². The average Bonchev–Trinajstić information content (AvgIpc) is 2.34. The molecule has 5 nitrogen and oxygen atoms in total. The first-order valence-corrected chi connectivity index (χ1v) is 6.49. The molecule has 0 radical (unpaired) electrons. The second kappa shape index (κ2) is 6.93. The van der Waals surface area contributed by atoms with Gasteiger partial charge in [-0.25, -0.2) is 0 Å². The maximum Gasteiger partial charge on any atom is 0.305 e. The number of rotatable bonds is 7. The molecule has 0 heterocycles. The van der Waals surface area contributed by atoms with Crippen LogP contribution in [0.1, 0.15) is 32.3 Å². The lowest BCUT2D eigenvalue weighted by Gasteiger charge is -2.24. The van der Waals surface area contributed by atoms with Gasteiger partial charge < -0.3 is 15.2 Å². The molecule has 0 spiro atoms. The topological polar surface area (TPSA) is 75.6 Å². The van der Waals surface area contributed by atoms with Crippen LogP contribution in [0.5, 0.6) is 5.75 Å². The van der Waals surface area contributed by atoms with Gasteiger partial charge in [-0.3, -0.25) is 9.59 Å². The summed E-state index contributed by atoms with van der Waals surface area (Å²) >= 11 is 0. The Morgan fingerprint density at radius 1 is 1.30 bits per heavy atom. The number of carboxylic acid groups (broad SMARTS) is 1. The molecule has 0 bridgehead atoms. The van der Waals surface area contributed by atoms with Crippen LogP contribution in [-0.4, -0.2) is 29.6 Å². The highest BCUT2D eigenvalue weighted by Crippen LogP contribution is 2.19. The van der Waals surface area contributed by atoms with Gasteiger partial charge in [0.1, 0.15) is 5.75 Å². The standard InChI is InChI=1S/C15H21NO4/c1-15(2,10-14(18)19)16-13(17)9-8-11-6-4-5-7-12(11)20-3/h4-7H,8-10H2,1-3H3,(H,16,17)(H,18,19). The van der Waals surface area contributed by atoms with Crippen LogP contribution in [0.15, 0.2) is 24.3 Å². The summed E-state index contributed by atoms with van der Waals surface area (Å²) in [4.78, 5) is 22.6. The quantitative estimate of drug-likeness (QED) is 0.800. The van der Waals surface area contributed by atoms with Gasteiger partial charge >= 0.3 is 5.97 Å². The Hall–Kier alpha value is -2.04. The number of nitrogens with one attached hydrogen (secondary N) is 1. The van der Waals surface area contributed by atoms with Crippen molar-refractivity contribution in [3.05, 3.63) is 29.8 Å². The molecule has 1 aromatic carbocycles. The Bertz CT molecular complexity index is 483. The van der Waals surface area contributed by atoms with E-state index in [2.05, 4.69) is 5.32 Å². The Morgan fingerprint density at radius 3 is 2.55 bits per heavy atom. The number of carbonyl (C=O) groups excluding carboxylic acids is 1. The van der Waals surface area contributed by atoms with Crippen molar-refractivity contribution in [3.8, 4) is 5.75 Å². The van der Waals surface area contributed by atoms with Crippen LogP contribution in [0, 0.1) is 0 Å². The number of carboxylic acids is 1. The van der Waals surface area contributed by atoms with Gasteiger partial charge in [-0.1, -0.05) is 18.2 Å². The molecule has 0 aliphatic carbocycles. The summed E-state index contributed by atoms with van der Waals surface area (Å²) < 4.78 is 5.22. The van der Waals surface area contributed by atoms with E-state index >= 15 is 0 Å². The Balaban J connectivity index is 2.53. The number of ether oxygens (including phenoxy) is 1. The molecule has 5 heteroatoms. The summed E-state index contributed by atoms with van der Waals surface area (Å²) in [5.74, 6) is -0.340. The fourth-order valence-corrected chi connectivity index (χ4v) is 2.02. The van der Waals surface area contributed by atoms with Gasteiger partial charge in [0.05, 0.1) is 13.5 Å². The zero-order chi connectivity index (χ0) is 15.2. The lowest BCUT2D eigenvalue weighted by Crippen LogP contribution is -2.45. The smallest absolute Gasteiger partial charge is 0.305 e. The first kappa shape index (κ1) is 16.0. The third kappa shape index (κ3) is 5.30. The van der Waals surface area contributed by atoms with E-state index in [9.17, 15) is 9.59 Å². The predicted molar refractivity (Wildman–Crippen MR) is 75.8 cm³/mol. The van der Waals surface area contributed by atoms with Crippen molar-refractivity contribution in [2.75, 3.05) is 7.11 Å². The molecule has 0 aliphatic rings. The van der Waals surface area contributed by atoms with Crippen LogP contribution >= 0.6 is 0 Å². The van der Waals surface area contributed by atoms with Crippen molar-refractivity contribution in [1.29, 1.82) is 0 Å². The summed E-state index contributed by atoms with van der Waals surface area (Å²) in [6.07, 6.45) is 0.746. The summed E-state index contributed by atoms with van der Waals surface area (Å²) in [5, 5.41) is 11.5. The van der Waals surface area contributed by atoms with E-state index in [0.717, 1.165) is 11.3 Å². The molecule has 0 aromatic heterocycles. The average molecular weight is 279 g/mol. The Morgan fingerprint density at radius 2 is 1.95 bits per heavy atom. The molecule has 0 unspecified atom stereocenters. The zero-order valence-corrected chi connectivity index (χ0v) is 12.1. The molecule has 0 fully saturated rings. The third-order valence-corrected chi connectivity index (χ3v) is 2.88. The molecular weight excluding hydrogens is 258 g/mol. The fraction of sp³-hybridized carbons (Fsp3) is 0.467. The molecular formula is C15H21NO4. The van der Waals surface area contributed by atoms with Crippen LogP contribution < -0.4 is 10.1 Å². The molecule has 0 saturated carbocycles. The van der Waals surface area contributed by atoms with Crippen molar-refractivity contribution in [2.24, 2.45) is 0 Å². The summed E-state index contributed by atoms with van der Waals surface area (Å²) in [6.45, 7) is 3.39. The number of hydrogen-bond acceptors (Lipinski definition) is 3. The number of hydrogen-bond donors (Lipinski definition) is 2. The van der Waals surface area contributed by atoms with E-state index < -0.39 is 11.5 Å². The van der Waals surface area contributed by atoms with Crippen molar-refractivity contribution < 1.29 is 19.4 Å². The van der Waals surface area contributed by atoms with E-state index in [1.165, 1.54) is 0 Å². The van der Waals surface area contributed by atoms with Crippen LogP contribution in [0.4, 0.5) is 0 Å². The normalized spacial score (nSPS) is 10.9. The summed E-state index contributed by atoms with van der Waals surface area (Å²) in [7, 11) is 1.59. The highest BCUT2D eigenvalue weighted by Gasteiger charge is 2.23. The summed E-state index contributed by atoms with van der Waals surface area (Å²) in [6, 6.07) is 7.53. The largest absolute Gasteiger partial charge is 0.496 e. The molecule has 2 N–H and O–H groups in total. The summed E-state index contributed by atoms with van der Waals surface area (Å²) in [5.41, 5.74) is 0.213. The molecule has 0 atom stereocenters. The van der Waals surface area contributed by atoms with Gasteiger partial charge in [0.15, 0.2) is 0 Å². The minimum Gasteiger partial charge on any atom is -0.496 e. The van der Waals surface area contributed by atoms with Crippen LogP contribution in [0.3, 0.4) is 0 Å². The molecule has 1 aromatic rings. The minimum absolute atomic E-state index is 0.104. The second-order valence-corrected chi connectivity index (χ2v) is 5.31. The highest BCUT2D eigenvalue weighted by atomic mass is 16.5. The van der Waals surface area contributed by atoms with Gasteiger partial charge in [0, 0.05) is 12.0 Å². The van der Waals surface area contributed by atoms with E-state index in [-0.39, 0.29) is 12.3 Å². The molecule has 1 amide bonds. The predicted octanol–water partition coefficient (Wildman–Crippen LogP) is 2.00. The number of carbonyl (C=O) groups is 2. The SMILES string of the molecule is COc1ccccc1CCC(=O)NC(C)(C)CC(=O)O. The van der Waals surface area contributed by atoms with Gasteiger partial charge in [0.25, 0.3) is 0 Å². The third-order valence-electron chi connectivity index (χ3n) is 2.88. The minimum atomic E-state index is -0.931. The number of benzene rings is 1.